The first-order valence-electron chi connectivity index (χ1n) is 7.23. The number of carbonyl (C=O) groups is 2. The van der Waals surface area contributed by atoms with E-state index in [9.17, 15) is 9.59 Å². The van der Waals surface area contributed by atoms with E-state index in [1.807, 2.05) is 13.8 Å². The van der Waals surface area contributed by atoms with Crippen LogP contribution in [0.25, 0.3) is 0 Å². The third-order valence-electron chi connectivity index (χ3n) is 4.22. The van der Waals surface area contributed by atoms with Crippen LogP contribution in [0.5, 0.6) is 0 Å². The summed E-state index contributed by atoms with van der Waals surface area (Å²) in [7, 11) is 1.63. The monoisotopic (exact) mass is 268 g/mol. The van der Waals surface area contributed by atoms with E-state index >= 15 is 0 Å². The topological polar surface area (TPSA) is 49.9 Å². The lowest BCUT2D eigenvalue weighted by Crippen LogP contribution is -2.67. The van der Waals surface area contributed by atoms with E-state index in [2.05, 4.69) is 0 Å². The molecular weight excluding hydrogens is 244 g/mol. The number of nitrogens with zero attached hydrogens (tertiary/aromatic N) is 2. The van der Waals surface area contributed by atoms with Crippen molar-refractivity contribution >= 4 is 11.8 Å². The summed E-state index contributed by atoms with van der Waals surface area (Å²) in [6.45, 7) is 5.13. The Morgan fingerprint density at radius 1 is 1.32 bits per heavy atom. The van der Waals surface area contributed by atoms with Crippen molar-refractivity contribution in [3.63, 3.8) is 0 Å². The lowest BCUT2D eigenvalue weighted by molar-refractivity contribution is -0.167. The summed E-state index contributed by atoms with van der Waals surface area (Å²) in [5.41, 5.74) is 0. The van der Waals surface area contributed by atoms with Crippen molar-refractivity contribution in [2.24, 2.45) is 0 Å². The fraction of sp³-hybridized carbons (Fsp3) is 0.857. The number of hydrogen-bond acceptors (Lipinski definition) is 3. The molecule has 0 radical (unpaired) electrons. The number of piperazine rings is 1. The highest BCUT2D eigenvalue weighted by Gasteiger charge is 2.47. The minimum absolute atomic E-state index is 0.0459. The Kier molecular flexibility index (Phi) is 4.45. The molecule has 2 heterocycles. The summed E-state index contributed by atoms with van der Waals surface area (Å²) in [5.74, 6) is 0.227. The van der Waals surface area contributed by atoms with Crippen molar-refractivity contribution in [2.45, 2.75) is 57.7 Å². The van der Waals surface area contributed by atoms with Gasteiger partial charge in [-0.3, -0.25) is 9.59 Å². The van der Waals surface area contributed by atoms with Gasteiger partial charge in [0.2, 0.25) is 11.8 Å². The molecule has 3 atom stereocenters. The van der Waals surface area contributed by atoms with E-state index in [-0.39, 0.29) is 29.9 Å². The van der Waals surface area contributed by atoms with Crippen LogP contribution in [-0.2, 0) is 14.3 Å². The third kappa shape index (κ3) is 2.48. The first-order valence-corrected chi connectivity index (χ1v) is 7.23. The Bertz CT molecular complexity index is 359. The molecule has 0 saturated carbocycles. The molecule has 3 unspecified atom stereocenters. The molecule has 2 saturated heterocycles. The molecule has 0 bridgehead atoms. The fourth-order valence-electron chi connectivity index (χ4n) is 3.31. The molecule has 108 valence electrons. The van der Waals surface area contributed by atoms with Gasteiger partial charge in [0.1, 0.15) is 12.1 Å². The van der Waals surface area contributed by atoms with Crippen LogP contribution < -0.4 is 0 Å². The van der Waals surface area contributed by atoms with E-state index in [1.165, 1.54) is 0 Å². The maximum Gasteiger partial charge on any atom is 0.246 e. The molecule has 19 heavy (non-hydrogen) atoms. The number of rotatable bonds is 4. The van der Waals surface area contributed by atoms with Gasteiger partial charge < -0.3 is 14.5 Å². The van der Waals surface area contributed by atoms with Crippen molar-refractivity contribution in [3.05, 3.63) is 0 Å². The van der Waals surface area contributed by atoms with E-state index in [1.54, 1.807) is 16.9 Å². The number of hydrogen-bond donors (Lipinski definition) is 0. The largest absolute Gasteiger partial charge is 0.383 e. The predicted octanol–water partition coefficient (Wildman–Crippen LogP) is 1.02. The van der Waals surface area contributed by atoms with E-state index < -0.39 is 0 Å². The maximum atomic E-state index is 12.7. The van der Waals surface area contributed by atoms with Gasteiger partial charge in [-0.25, -0.2) is 0 Å². The second-order valence-corrected chi connectivity index (χ2v) is 5.52. The minimum Gasteiger partial charge on any atom is -0.383 e. The quantitative estimate of drug-likeness (QED) is 0.765. The van der Waals surface area contributed by atoms with Crippen LogP contribution in [0.2, 0.25) is 0 Å². The summed E-state index contributed by atoms with van der Waals surface area (Å²) in [4.78, 5) is 28.8. The summed E-state index contributed by atoms with van der Waals surface area (Å²) in [6, 6.07) is -0.592. The Hall–Kier alpha value is -1.10. The molecule has 0 aromatic carbocycles. The molecule has 2 aliphatic heterocycles. The molecular formula is C14H24N2O3. The minimum atomic E-state index is -0.313. The zero-order valence-corrected chi connectivity index (χ0v) is 12.1. The second kappa shape index (κ2) is 5.90. The van der Waals surface area contributed by atoms with Crippen molar-refractivity contribution in [2.75, 3.05) is 20.3 Å². The molecule has 2 amide bonds. The summed E-state index contributed by atoms with van der Waals surface area (Å²) in [6.07, 6.45) is 3.52. The molecule has 2 fully saturated rings. The van der Waals surface area contributed by atoms with Gasteiger partial charge in [-0.05, 0) is 32.6 Å². The van der Waals surface area contributed by atoms with Gasteiger partial charge in [0, 0.05) is 13.7 Å². The molecule has 0 aromatic rings. The number of ether oxygens (including phenoxy) is 1. The Labute approximate surface area is 114 Å². The molecule has 0 N–H and O–H groups in total. The van der Waals surface area contributed by atoms with Crippen molar-refractivity contribution in [3.8, 4) is 0 Å². The molecule has 0 aromatic heterocycles. The van der Waals surface area contributed by atoms with Gasteiger partial charge in [0.15, 0.2) is 0 Å². The Morgan fingerprint density at radius 3 is 2.68 bits per heavy atom. The Balaban J connectivity index is 2.25. The number of methoxy groups -OCH3 is 1. The van der Waals surface area contributed by atoms with Crippen LogP contribution in [0.4, 0.5) is 0 Å². The summed E-state index contributed by atoms with van der Waals surface area (Å²) in [5, 5.41) is 0. The third-order valence-corrected chi connectivity index (χ3v) is 4.22. The molecule has 2 aliphatic rings. The highest BCUT2D eigenvalue weighted by molar-refractivity contribution is 5.97. The number of piperidine rings is 1. The lowest BCUT2D eigenvalue weighted by atomic mass is 9.93. The normalized spacial score (nSPS) is 29.4. The van der Waals surface area contributed by atoms with Gasteiger partial charge in [0.25, 0.3) is 0 Å². The van der Waals surface area contributed by atoms with Crippen LogP contribution in [0.15, 0.2) is 0 Å². The summed E-state index contributed by atoms with van der Waals surface area (Å²) < 4.78 is 5.15. The van der Waals surface area contributed by atoms with Gasteiger partial charge >= 0.3 is 0 Å². The van der Waals surface area contributed by atoms with Gasteiger partial charge in [0.05, 0.1) is 12.6 Å². The number of carbonyl (C=O) groups excluding carboxylic acids is 2. The van der Waals surface area contributed by atoms with E-state index in [4.69, 9.17) is 4.74 Å². The standard InChI is InChI=1S/C14H24N2O3/c1-4-11-13(17)15-8-6-5-7-12(15)14(18)16(11)10(2)9-19-3/h10-12H,4-9H2,1-3H3. The maximum absolute atomic E-state index is 12.7. The zero-order valence-electron chi connectivity index (χ0n) is 12.1. The van der Waals surface area contributed by atoms with Crippen molar-refractivity contribution in [1.29, 1.82) is 0 Å². The molecule has 0 aliphatic carbocycles. The molecule has 5 heteroatoms. The average Bonchev–Trinajstić information content (AvgIpc) is 2.42. The van der Waals surface area contributed by atoms with Crippen molar-refractivity contribution < 1.29 is 14.3 Å². The lowest BCUT2D eigenvalue weighted by Gasteiger charge is -2.48. The highest BCUT2D eigenvalue weighted by atomic mass is 16.5. The SMILES string of the molecule is CCC1C(=O)N2CCCCC2C(=O)N1C(C)COC. The van der Waals surface area contributed by atoms with E-state index in [0.29, 0.717) is 13.0 Å². The van der Waals surface area contributed by atoms with Gasteiger partial charge in [-0.15, -0.1) is 0 Å². The van der Waals surface area contributed by atoms with Crippen LogP contribution in [0, 0.1) is 0 Å². The van der Waals surface area contributed by atoms with Crippen molar-refractivity contribution in [1.82, 2.24) is 9.80 Å². The number of fused-ring (bicyclic) bond motifs is 1. The van der Waals surface area contributed by atoms with Crippen LogP contribution in [-0.4, -0.2) is 60.0 Å². The fourth-order valence-corrected chi connectivity index (χ4v) is 3.31. The second-order valence-electron chi connectivity index (χ2n) is 5.52. The average molecular weight is 268 g/mol. The smallest absolute Gasteiger partial charge is 0.246 e. The van der Waals surface area contributed by atoms with Gasteiger partial charge in [-0.2, -0.15) is 0 Å². The zero-order chi connectivity index (χ0) is 14.0. The molecule has 2 rings (SSSR count). The first-order chi connectivity index (χ1) is 9.11. The molecule has 0 spiro atoms. The highest BCUT2D eigenvalue weighted by Crippen LogP contribution is 2.28. The number of amides is 2. The van der Waals surface area contributed by atoms with Crippen LogP contribution >= 0.6 is 0 Å². The molecule has 5 nitrogen and oxygen atoms in total. The van der Waals surface area contributed by atoms with E-state index in [0.717, 1.165) is 25.8 Å². The first kappa shape index (κ1) is 14.3. The Morgan fingerprint density at radius 2 is 2.05 bits per heavy atom. The summed E-state index contributed by atoms with van der Waals surface area (Å²) >= 11 is 0. The van der Waals surface area contributed by atoms with Crippen LogP contribution in [0.1, 0.15) is 39.5 Å². The predicted molar refractivity (Wildman–Crippen MR) is 71.6 cm³/mol. The van der Waals surface area contributed by atoms with Crippen LogP contribution in [0.3, 0.4) is 0 Å². The van der Waals surface area contributed by atoms with Gasteiger partial charge in [-0.1, -0.05) is 6.92 Å².